The molecule has 3 rings (SSSR count). The average molecular weight is 319 g/mol. The zero-order valence-corrected chi connectivity index (χ0v) is 12.5. The van der Waals surface area contributed by atoms with E-state index in [4.69, 9.17) is 4.42 Å². The number of hydrogen-bond donors (Lipinski definition) is 2. The van der Waals surface area contributed by atoms with E-state index in [0.717, 1.165) is 19.1 Å². The van der Waals surface area contributed by atoms with Crippen LogP contribution in [0.25, 0.3) is 0 Å². The number of benzene rings is 1. The molecular weight excluding hydrogens is 301 g/mol. The van der Waals surface area contributed by atoms with Crippen molar-refractivity contribution in [3.8, 4) is 5.75 Å². The fourth-order valence-electron chi connectivity index (χ4n) is 2.52. The van der Waals surface area contributed by atoms with Gasteiger partial charge in [0.1, 0.15) is 17.8 Å². The van der Waals surface area contributed by atoms with Gasteiger partial charge in [0.15, 0.2) is 5.75 Å². The summed E-state index contributed by atoms with van der Waals surface area (Å²) in [5.41, 5.74) is 0.158. The van der Waals surface area contributed by atoms with Crippen LogP contribution in [-0.2, 0) is 6.54 Å². The van der Waals surface area contributed by atoms with E-state index in [-0.39, 0.29) is 5.82 Å². The summed E-state index contributed by atoms with van der Waals surface area (Å²) >= 11 is 0. The van der Waals surface area contributed by atoms with Crippen molar-refractivity contribution in [2.45, 2.75) is 31.5 Å². The minimum Gasteiger partial charge on any atom is -0.502 e. The van der Waals surface area contributed by atoms with Crippen LogP contribution >= 0.6 is 0 Å². The standard InChI is InChI=1S/C17H18FNO4/c18-12-3-1-11(2-4-12)16(21)9-19(13-5-6-13)8-14-7-15(20)17(22)10-23-14/h1-4,7,10,13,16,21-22H,5-6,8-9H2. The van der Waals surface area contributed by atoms with E-state index in [1.165, 1.54) is 18.2 Å². The zero-order chi connectivity index (χ0) is 16.4. The Labute approximate surface area is 132 Å². The molecular formula is C17H18FNO4. The van der Waals surface area contributed by atoms with Gasteiger partial charge in [0.25, 0.3) is 0 Å². The summed E-state index contributed by atoms with van der Waals surface area (Å²) in [7, 11) is 0. The van der Waals surface area contributed by atoms with Crippen LogP contribution in [0.15, 0.2) is 45.8 Å². The average Bonchev–Trinajstić information content (AvgIpc) is 3.35. The second-order valence-corrected chi connectivity index (χ2v) is 5.82. The largest absolute Gasteiger partial charge is 0.502 e. The molecule has 1 atom stereocenters. The number of nitrogens with zero attached hydrogens (tertiary/aromatic N) is 1. The van der Waals surface area contributed by atoms with E-state index in [0.29, 0.717) is 30.5 Å². The number of halogens is 1. The molecule has 5 nitrogen and oxygen atoms in total. The van der Waals surface area contributed by atoms with Crippen molar-refractivity contribution in [2.24, 2.45) is 0 Å². The predicted molar refractivity (Wildman–Crippen MR) is 81.4 cm³/mol. The SMILES string of the molecule is O=c1cc(CN(CC(O)c2ccc(F)cc2)C2CC2)occ1O. The van der Waals surface area contributed by atoms with Gasteiger partial charge in [-0.15, -0.1) is 0 Å². The smallest absolute Gasteiger partial charge is 0.226 e. The van der Waals surface area contributed by atoms with Gasteiger partial charge in [-0.2, -0.15) is 0 Å². The summed E-state index contributed by atoms with van der Waals surface area (Å²) in [5, 5.41) is 19.6. The van der Waals surface area contributed by atoms with Gasteiger partial charge in [0, 0.05) is 18.7 Å². The van der Waals surface area contributed by atoms with Gasteiger partial charge in [0.05, 0.1) is 12.6 Å². The molecule has 1 aliphatic rings. The highest BCUT2D eigenvalue weighted by molar-refractivity contribution is 5.19. The summed E-state index contributed by atoms with van der Waals surface area (Å²) in [5.74, 6) is -0.324. The molecule has 1 aromatic carbocycles. The van der Waals surface area contributed by atoms with Crippen LogP contribution in [0.4, 0.5) is 4.39 Å². The zero-order valence-electron chi connectivity index (χ0n) is 12.5. The van der Waals surface area contributed by atoms with Crippen LogP contribution in [0.1, 0.15) is 30.3 Å². The number of rotatable bonds is 6. The first kappa shape index (κ1) is 15.7. The van der Waals surface area contributed by atoms with Gasteiger partial charge < -0.3 is 14.6 Å². The second-order valence-electron chi connectivity index (χ2n) is 5.82. The Morgan fingerprint density at radius 1 is 1.30 bits per heavy atom. The van der Waals surface area contributed by atoms with Crippen molar-refractivity contribution in [1.29, 1.82) is 0 Å². The number of aromatic hydroxyl groups is 1. The predicted octanol–water partition coefficient (Wildman–Crippen LogP) is 2.18. The molecule has 0 radical (unpaired) electrons. The third-order valence-corrected chi connectivity index (χ3v) is 3.95. The number of aliphatic hydroxyl groups is 1. The van der Waals surface area contributed by atoms with Crippen molar-refractivity contribution in [3.63, 3.8) is 0 Å². The van der Waals surface area contributed by atoms with Gasteiger partial charge in [-0.25, -0.2) is 4.39 Å². The van der Waals surface area contributed by atoms with E-state index in [9.17, 15) is 19.4 Å². The van der Waals surface area contributed by atoms with Crippen molar-refractivity contribution >= 4 is 0 Å². The molecule has 1 aromatic heterocycles. The summed E-state index contributed by atoms with van der Waals surface area (Å²) in [6, 6.07) is 7.36. The molecule has 0 saturated heterocycles. The Bertz CT molecular complexity index is 724. The highest BCUT2D eigenvalue weighted by Crippen LogP contribution is 2.30. The molecule has 2 N–H and O–H groups in total. The van der Waals surface area contributed by atoms with E-state index in [1.54, 1.807) is 12.1 Å². The maximum Gasteiger partial charge on any atom is 0.226 e. The Hall–Kier alpha value is -2.18. The summed E-state index contributed by atoms with van der Waals surface area (Å²) in [6.07, 6.45) is 2.33. The fraction of sp³-hybridized carbons (Fsp3) is 0.353. The molecule has 1 aliphatic carbocycles. The maximum absolute atomic E-state index is 13.0. The first-order valence-electron chi connectivity index (χ1n) is 7.51. The van der Waals surface area contributed by atoms with E-state index < -0.39 is 17.3 Å². The minimum absolute atomic E-state index is 0.337. The monoisotopic (exact) mass is 319 g/mol. The highest BCUT2D eigenvalue weighted by atomic mass is 19.1. The number of hydrogen-bond acceptors (Lipinski definition) is 5. The second kappa shape index (κ2) is 6.52. The van der Waals surface area contributed by atoms with Gasteiger partial charge in [0.2, 0.25) is 5.43 Å². The van der Waals surface area contributed by atoms with E-state index in [2.05, 4.69) is 0 Å². The minimum atomic E-state index is -0.750. The van der Waals surface area contributed by atoms with Gasteiger partial charge >= 0.3 is 0 Å². The Balaban J connectivity index is 1.70. The van der Waals surface area contributed by atoms with Crippen LogP contribution in [0.3, 0.4) is 0 Å². The van der Waals surface area contributed by atoms with E-state index >= 15 is 0 Å². The van der Waals surface area contributed by atoms with E-state index in [1.807, 2.05) is 4.90 Å². The summed E-state index contributed by atoms with van der Waals surface area (Å²) < 4.78 is 18.2. The summed E-state index contributed by atoms with van der Waals surface area (Å²) in [6.45, 7) is 0.735. The maximum atomic E-state index is 13.0. The first-order valence-corrected chi connectivity index (χ1v) is 7.51. The lowest BCUT2D eigenvalue weighted by Crippen LogP contribution is -2.30. The van der Waals surface area contributed by atoms with Gasteiger partial charge in [-0.05, 0) is 30.5 Å². The third-order valence-electron chi connectivity index (χ3n) is 3.95. The van der Waals surface area contributed by atoms with Crippen LogP contribution in [-0.4, -0.2) is 27.7 Å². The fourth-order valence-corrected chi connectivity index (χ4v) is 2.52. The number of aliphatic hydroxyl groups excluding tert-OH is 1. The van der Waals surface area contributed by atoms with Crippen molar-refractivity contribution in [1.82, 2.24) is 4.90 Å². The molecule has 1 unspecified atom stereocenters. The molecule has 1 saturated carbocycles. The molecule has 2 aromatic rings. The molecule has 0 bridgehead atoms. The normalized spacial score (nSPS) is 15.8. The third kappa shape index (κ3) is 3.97. The van der Waals surface area contributed by atoms with Crippen molar-refractivity contribution < 1.29 is 19.0 Å². The van der Waals surface area contributed by atoms with Crippen molar-refractivity contribution in [3.05, 3.63) is 64.0 Å². The molecule has 6 heteroatoms. The van der Waals surface area contributed by atoms with Gasteiger partial charge in [-0.1, -0.05) is 12.1 Å². The first-order chi connectivity index (χ1) is 11.0. The molecule has 23 heavy (non-hydrogen) atoms. The Kier molecular flexibility index (Phi) is 4.45. The van der Waals surface area contributed by atoms with Gasteiger partial charge in [-0.3, -0.25) is 9.69 Å². The lowest BCUT2D eigenvalue weighted by Gasteiger charge is -2.24. The van der Waals surface area contributed by atoms with Crippen molar-refractivity contribution in [2.75, 3.05) is 6.54 Å². The highest BCUT2D eigenvalue weighted by Gasteiger charge is 2.31. The van der Waals surface area contributed by atoms with Crippen LogP contribution in [0.5, 0.6) is 5.75 Å². The lowest BCUT2D eigenvalue weighted by molar-refractivity contribution is 0.0994. The van der Waals surface area contributed by atoms with Crippen LogP contribution < -0.4 is 5.43 Å². The topological polar surface area (TPSA) is 73.9 Å². The molecule has 1 fully saturated rings. The molecule has 122 valence electrons. The van der Waals surface area contributed by atoms with Crippen LogP contribution in [0, 0.1) is 5.82 Å². The molecule has 0 spiro atoms. The quantitative estimate of drug-likeness (QED) is 0.854. The van der Waals surface area contributed by atoms with Crippen LogP contribution in [0.2, 0.25) is 0 Å². The Morgan fingerprint density at radius 3 is 2.61 bits per heavy atom. The Morgan fingerprint density at radius 2 is 2.00 bits per heavy atom. The molecule has 0 amide bonds. The summed E-state index contributed by atoms with van der Waals surface area (Å²) in [4.78, 5) is 13.5. The molecule has 1 heterocycles. The molecule has 0 aliphatic heterocycles. The lowest BCUT2D eigenvalue weighted by atomic mass is 10.1.